The van der Waals surface area contributed by atoms with Crippen molar-refractivity contribution in [2.75, 3.05) is 0 Å². The summed E-state index contributed by atoms with van der Waals surface area (Å²) in [5.41, 5.74) is 0. The molecule has 8 heavy (non-hydrogen) atoms. The Balaban J connectivity index is 0. The fraction of sp³-hybridized carbons (Fsp3) is 0. The van der Waals surface area contributed by atoms with E-state index in [0.717, 1.165) is 0 Å². The van der Waals surface area contributed by atoms with Crippen molar-refractivity contribution in [2.45, 2.75) is 0 Å². The van der Waals surface area contributed by atoms with E-state index >= 15 is 0 Å². The van der Waals surface area contributed by atoms with Gasteiger partial charge in [-0.1, -0.05) is 0 Å². The minimum Gasteiger partial charge on any atom is 0 e. The first-order valence-corrected chi connectivity index (χ1v) is 0. The predicted octanol–water partition coefficient (Wildman–Crippen LogP) is -1.15. The molecule has 0 aliphatic rings. The van der Waals surface area contributed by atoms with E-state index in [1.165, 1.54) is 0 Å². The molecule has 0 aromatic rings. The van der Waals surface area contributed by atoms with Crippen LogP contribution >= 0.6 is 0 Å². The molecule has 59 valence electrons. The smallest absolute Gasteiger partial charge is 0 e. The van der Waals surface area contributed by atoms with Crippen molar-refractivity contribution in [3.63, 3.8) is 0 Å². The Bertz CT molecular complexity index is 7.64. The second kappa shape index (κ2) is 67.8. The van der Waals surface area contributed by atoms with E-state index in [0.29, 0.717) is 0 Å². The standard InChI is InChI=1S/3Al.5Ni. The first kappa shape index (κ1) is 89.4. The van der Waals surface area contributed by atoms with Crippen LogP contribution in [-0.4, -0.2) is 52.1 Å². The Morgan fingerprint density at radius 3 is 0.250 bits per heavy atom. The summed E-state index contributed by atoms with van der Waals surface area (Å²) in [6, 6.07) is 0. The van der Waals surface area contributed by atoms with Crippen molar-refractivity contribution in [1.82, 2.24) is 0 Å². The van der Waals surface area contributed by atoms with E-state index in [2.05, 4.69) is 0 Å². The topological polar surface area (TPSA) is 0 Å². The third kappa shape index (κ3) is 50.1. The average Bonchev–Trinajstić information content (AvgIpc) is 0. The zero-order valence-electron chi connectivity index (χ0n) is 3.31. The van der Waals surface area contributed by atoms with Crippen LogP contribution < -0.4 is 0 Å². The van der Waals surface area contributed by atoms with Crippen LogP contribution in [0, 0.1) is 0 Å². The molecule has 0 unspecified atom stereocenters. The van der Waals surface area contributed by atoms with Gasteiger partial charge < -0.3 is 0 Å². The summed E-state index contributed by atoms with van der Waals surface area (Å²) < 4.78 is 0. The predicted molar refractivity (Wildman–Crippen MR) is 17.3 cm³/mol. The van der Waals surface area contributed by atoms with Crippen molar-refractivity contribution in [3.8, 4) is 0 Å². The Morgan fingerprint density at radius 2 is 0.250 bits per heavy atom. The fourth-order valence-corrected chi connectivity index (χ4v) is 0. The summed E-state index contributed by atoms with van der Waals surface area (Å²) in [6.45, 7) is 0. The first-order valence-electron chi connectivity index (χ1n) is 0. The molecule has 0 nitrogen and oxygen atoms in total. The summed E-state index contributed by atoms with van der Waals surface area (Å²) >= 11 is 0. The Morgan fingerprint density at radius 1 is 0.250 bits per heavy atom. The van der Waals surface area contributed by atoms with Crippen LogP contribution in [0.5, 0.6) is 0 Å². The molecule has 0 heterocycles. The van der Waals surface area contributed by atoms with Gasteiger partial charge in [0.25, 0.3) is 0 Å². The summed E-state index contributed by atoms with van der Waals surface area (Å²) in [4.78, 5) is 0. The molecular weight excluding hydrogens is 374 g/mol. The van der Waals surface area contributed by atoms with Gasteiger partial charge in [0.1, 0.15) is 0 Å². The zero-order chi connectivity index (χ0) is 0. The molecular formula is Al3Ni5. The maximum absolute atomic E-state index is 0. The minimum atomic E-state index is 0. The summed E-state index contributed by atoms with van der Waals surface area (Å²) in [5.74, 6) is 0. The molecule has 0 atom stereocenters. The van der Waals surface area contributed by atoms with Gasteiger partial charge in [-0.05, 0) is 0 Å². The monoisotopic (exact) mass is 371 g/mol. The summed E-state index contributed by atoms with van der Waals surface area (Å²) in [5, 5.41) is 0. The fourth-order valence-electron chi connectivity index (χ4n) is 0. The van der Waals surface area contributed by atoms with Gasteiger partial charge in [0.2, 0.25) is 0 Å². The molecule has 0 N–H and O–H groups in total. The molecule has 0 aliphatic heterocycles. The largest absolute Gasteiger partial charge is 0 e. The molecule has 9 radical (unpaired) electrons. The van der Waals surface area contributed by atoms with E-state index in [1.54, 1.807) is 0 Å². The van der Waals surface area contributed by atoms with Crippen LogP contribution in [0.2, 0.25) is 0 Å². The van der Waals surface area contributed by atoms with Gasteiger partial charge in [-0.3, -0.25) is 0 Å². The van der Waals surface area contributed by atoms with E-state index in [1.807, 2.05) is 0 Å². The molecule has 0 rings (SSSR count). The van der Waals surface area contributed by atoms with Crippen LogP contribution in [-0.2, 0) is 82.5 Å². The quantitative estimate of drug-likeness (QED) is 0.470. The summed E-state index contributed by atoms with van der Waals surface area (Å²) in [7, 11) is 0. The third-order valence-electron chi connectivity index (χ3n) is 0. The van der Waals surface area contributed by atoms with Crippen LogP contribution in [0.3, 0.4) is 0 Å². The SMILES string of the molecule is [Al].[Al].[Al].[Ni].[Ni].[Ni].[Ni].[Ni]. The van der Waals surface area contributed by atoms with Gasteiger partial charge in [-0.2, -0.15) is 0 Å². The molecule has 0 aromatic heterocycles. The van der Waals surface area contributed by atoms with Crippen LogP contribution in [0.1, 0.15) is 0 Å². The van der Waals surface area contributed by atoms with Crippen LogP contribution in [0.25, 0.3) is 0 Å². The first-order chi connectivity index (χ1) is 0. The van der Waals surface area contributed by atoms with Gasteiger partial charge in [0.05, 0.1) is 0 Å². The third-order valence-corrected chi connectivity index (χ3v) is 0. The van der Waals surface area contributed by atoms with Crippen molar-refractivity contribution >= 4 is 52.1 Å². The van der Waals surface area contributed by atoms with E-state index in [-0.39, 0.29) is 135 Å². The minimum absolute atomic E-state index is 0. The Kier molecular flexibility index (Phi) is 758. The van der Waals surface area contributed by atoms with Gasteiger partial charge in [0, 0.05) is 135 Å². The van der Waals surface area contributed by atoms with Crippen LogP contribution in [0.4, 0.5) is 0 Å². The normalized spacial score (nSPS) is 0. The van der Waals surface area contributed by atoms with Crippen molar-refractivity contribution in [2.24, 2.45) is 0 Å². The summed E-state index contributed by atoms with van der Waals surface area (Å²) in [6.07, 6.45) is 0. The maximum atomic E-state index is 0. The Hall–Kier alpha value is 4.06. The van der Waals surface area contributed by atoms with Crippen molar-refractivity contribution < 1.29 is 82.5 Å². The van der Waals surface area contributed by atoms with Gasteiger partial charge in [0.15, 0.2) is 0 Å². The Labute approximate surface area is 132 Å². The molecule has 0 saturated carbocycles. The maximum Gasteiger partial charge on any atom is 0 e. The molecule has 0 fully saturated rings. The molecule has 0 amide bonds. The number of hydrogen-bond donors (Lipinski definition) is 0. The van der Waals surface area contributed by atoms with Crippen LogP contribution in [0.15, 0.2) is 0 Å². The molecule has 0 saturated heterocycles. The second-order valence-corrected chi connectivity index (χ2v) is 0. The van der Waals surface area contributed by atoms with E-state index < -0.39 is 0 Å². The number of rotatable bonds is 0. The molecule has 0 aliphatic carbocycles. The van der Waals surface area contributed by atoms with Gasteiger partial charge in [-0.25, -0.2) is 0 Å². The molecule has 8 heteroatoms. The van der Waals surface area contributed by atoms with Crippen molar-refractivity contribution in [3.05, 3.63) is 0 Å². The van der Waals surface area contributed by atoms with E-state index in [9.17, 15) is 0 Å². The van der Waals surface area contributed by atoms with Crippen molar-refractivity contribution in [1.29, 1.82) is 0 Å². The van der Waals surface area contributed by atoms with Gasteiger partial charge >= 0.3 is 0 Å². The average molecular weight is 374 g/mol. The van der Waals surface area contributed by atoms with E-state index in [4.69, 9.17) is 0 Å². The zero-order valence-corrected chi connectivity index (χ0v) is 11.7. The van der Waals surface area contributed by atoms with Gasteiger partial charge in [-0.15, -0.1) is 0 Å². The second-order valence-electron chi connectivity index (χ2n) is 0. The number of hydrogen-bond acceptors (Lipinski definition) is 0. The molecule has 0 aromatic carbocycles. The molecule has 0 spiro atoms. The molecule has 0 bridgehead atoms.